The van der Waals surface area contributed by atoms with Gasteiger partial charge in [-0.05, 0) is 38.8 Å². The molecule has 3 heteroatoms. The van der Waals surface area contributed by atoms with Crippen molar-refractivity contribution in [3.8, 4) is 0 Å². The molecule has 0 unspecified atom stereocenters. The summed E-state index contributed by atoms with van der Waals surface area (Å²) in [7, 11) is 9.67. The van der Waals surface area contributed by atoms with E-state index in [9.17, 15) is 0 Å². The molecule has 1 aliphatic rings. The SMILES string of the molecule is C[C]1C(C)=C(C)C(C)=C1C.[Cl][Rh][Cl]. The van der Waals surface area contributed by atoms with Gasteiger partial charge in [0.2, 0.25) is 0 Å². The molecular weight excluding hydrogens is 294 g/mol. The quantitative estimate of drug-likeness (QED) is 0.572. The van der Waals surface area contributed by atoms with E-state index in [1.54, 1.807) is 0 Å². The molecular formula is C10H15Cl2Rh. The van der Waals surface area contributed by atoms with Gasteiger partial charge in [-0.15, -0.1) is 0 Å². The Morgan fingerprint density at radius 2 is 0.923 bits per heavy atom. The molecule has 0 aromatic carbocycles. The van der Waals surface area contributed by atoms with Crippen LogP contribution in [-0.4, -0.2) is 0 Å². The molecule has 0 N–H and O–H groups in total. The molecule has 0 fully saturated rings. The van der Waals surface area contributed by atoms with Gasteiger partial charge in [0.15, 0.2) is 0 Å². The van der Waals surface area contributed by atoms with Crippen LogP contribution in [0.2, 0.25) is 0 Å². The van der Waals surface area contributed by atoms with Crippen molar-refractivity contribution in [2.45, 2.75) is 34.6 Å². The van der Waals surface area contributed by atoms with Crippen LogP contribution in [0.4, 0.5) is 0 Å². The normalized spacial score (nSPS) is 18.1. The Balaban J connectivity index is 0.000000424. The third-order valence-corrected chi connectivity index (χ3v) is 2.81. The fourth-order valence-electron chi connectivity index (χ4n) is 1.41. The number of hydrogen-bond acceptors (Lipinski definition) is 0. The molecule has 1 aliphatic carbocycles. The van der Waals surface area contributed by atoms with Gasteiger partial charge in [0.25, 0.3) is 0 Å². The van der Waals surface area contributed by atoms with Crippen molar-refractivity contribution < 1.29 is 15.1 Å². The Morgan fingerprint density at radius 1 is 0.692 bits per heavy atom. The molecule has 0 aromatic heterocycles. The zero-order chi connectivity index (χ0) is 10.6. The van der Waals surface area contributed by atoms with Crippen LogP contribution in [0.5, 0.6) is 0 Å². The van der Waals surface area contributed by atoms with Gasteiger partial charge in [-0.2, -0.15) is 0 Å². The summed E-state index contributed by atoms with van der Waals surface area (Å²) in [6.45, 7) is 11.0. The van der Waals surface area contributed by atoms with Crippen LogP contribution in [0.15, 0.2) is 22.3 Å². The van der Waals surface area contributed by atoms with E-state index in [2.05, 4.69) is 34.6 Å². The first-order valence-electron chi connectivity index (χ1n) is 4.00. The first-order chi connectivity index (χ1) is 5.97. The number of rotatable bonds is 0. The van der Waals surface area contributed by atoms with Crippen LogP contribution in [-0.2, 0) is 15.1 Å². The van der Waals surface area contributed by atoms with Gasteiger partial charge in [0, 0.05) is 5.92 Å². The fraction of sp³-hybridized carbons (Fsp3) is 0.500. The van der Waals surface area contributed by atoms with Gasteiger partial charge in [-0.1, -0.05) is 18.1 Å². The minimum atomic E-state index is -0.226. The Bertz CT molecular complexity index is 217. The number of hydrogen-bond donors (Lipinski definition) is 0. The van der Waals surface area contributed by atoms with E-state index in [4.69, 9.17) is 19.4 Å². The Labute approximate surface area is 97.1 Å². The predicted molar refractivity (Wildman–Crippen MR) is 57.4 cm³/mol. The summed E-state index contributed by atoms with van der Waals surface area (Å²) in [6.07, 6.45) is 0. The summed E-state index contributed by atoms with van der Waals surface area (Å²) in [5.74, 6) is 1.47. The topological polar surface area (TPSA) is 0 Å². The van der Waals surface area contributed by atoms with Crippen molar-refractivity contribution in [3.63, 3.8) is 0 Å². The van der Waals surface area contributed by atoms with Crippen molar-refractivity contribution >= 4 is 19.4 Å². The Morgan fingerprint density at radius 3 is 1.00 bits per heavy atom. The van der Waals surface area contributed by atoms with E-state index in [-0.39, 0.29) is 15.1 Å². The molecule has 13 heavy (non-hydrogen) atoms. The van der Waals surface area contributed by atoms with Crippen molar-refractivity contribution in [2.24, 2.45) is 0 Å². The summed E-state index contributed by atoms with van der Waals surface area (Å²) in [4.78, 5) is 0. The average Bonchev–Trinajstić information content (AvgIpc) is 2.25. The molecule has 0 spiro atoms. The van der Waals surface area contributed by atoms with E-state index in [1.807, 2.05) is 0 Å². The molecule has 0 bridgehead atoms. The molecule has 0 amide bonds. The molecule has 0 aromatic rings. The average molecular weight is 309 g/mol. The molecule has 0 saturated carbocycles. The third kappa shape index (κ3) is 3.38. The summed E-state index contributed by atoms with van der Waals surface area (Å²) in [6, 6.07) is 0. The molecule has 0 nitrogen and oxygen atoms in total. The van der Waals surface area contributed by atoms with Crippen LogP contribution < -0.4 is 0 Å². The summed E-state index contributed by atoms with van der Waals surface area (Å²) in [5, 5.41) is 0. The van der Waals surface area contributed by atoms with Gasteiger partial charge in [-0.25, -0.2) is 0 Å². The fourth-order valence-corrected chi connectivity index (χ4v) is 1.41. The molecule has 78 valence electrons. The van der Waals surface area contributed by atoms with E-state index >= 15 is 0 Å². The maximum absolute atomic E-state index is 4.83. The van der Waals surface area contributed by atoms with E-state index in [0.29, 0.717) is 0 Å². The van der Waals surface area contributed by atoms with Crippen LogP contribution in [0.25, 0.3) is 0 Å². The second-order valence-electron chi connectivity index (χ2n) is 3.17. The molecule has 1 radical (unpaired) electrons. The standard InChI is InChI=1S/C10H15.2ClH.Rh/c1-6-7(2)9(4)10(5)8(6)3;;;/h1-5H3;2*1H;/q;;;+2/p-2. The number of allylic oxidation sites excluding steroid dienone is 4. The molecule has 0 aliphatic heterocycles. The first kappa shape index (κ1) is 13.7. The zero-order valence-electron chi connectivity index (χ0n) is 8.59. The van der Waals surface area contributed by atoms with Gasteiger partial charge < -0.3 is 0 Å². The molecule has 0 atom stereocenters. The van der Waals surface area contributed by atoms with E-state index in [0.717, 1.165) is 0 Å². The summed E-state index contributed by atoms with van der Waals surface area (Å²) >= 11 is -0.226. The van der Waals surface area contributed by atoms with E-state index < -0.39 is 0 Å². The molecule has 1 rings (SSSR count). The molecule has 0 heterocycles. The van der Waals surface area contributed by atoms with Crippen molar-refractivity contribution in [1.82, 2.24) is 0 Å². The second-order valence-corrected chi connectivity index (χ2v) is 5.66. The van der Waals surface area contributed by atoms with Gasteiger partial charge in [0.1, 0.15) is 0 Å². The third-order valence-electron chi connectivity index (χ3n) is 2.81. The van der Waals surface area contributed by atoms with Crippen LogP contribution in [0, 0.1) is 5.92 Å². The van der Waals surface area contributed by atoms with Crippen LogP contribution in [0.1, 0.15) is 34.6 Å². The Hall–Kier alpha value is 0.683. The van der Waals surface area contributed by atoms with Crippen LogP contribution in [0.3, 0.4) is 0 Å². The van der Waals surface area contributed by atoms with Crippen molar-refractivity contribution in [2.75, 3.05) is 0 Å². The molecule has 0 saturated heterocycles. The van der Waals surface area contributed by atoms with Gasteiger partial charge in [0.05, 0.1) is 0 Å². The second kappa shape index (κ2) is 6.22. The van der Waals surface area contributed by atoms with E-state index in [1.165, 1.54) is 28.2 Å². The predicted octanol–water partition coefficient (Wildman–Crippen LogP) is 4.64. The summed E-state index contributed by atoms with van der Waals surface area (Å²) < 4.78 is 0. The Kier molecular flexibility index (Phi) is 6.55. The van der Waals surface area contributed by atoms with Crippen molar-refractivity contribution in [3.05, 3.63) is 28.2 Å². The zero-order valence-corrected chi connectivity index (χ0v) is 11.7. The monoisotopic (exact) mass is 308 g/mol. The first-order valence-corrected chi connectivity index (χ1v) is 8.22. The van der Waals surface area contributed by atoms with Gasteiger partial charge >= 0.3 is 34.5 Å². The minimum absolute atomic E-state index is 0.226. The van der Waals surface area contributed by atoms with Crippen LogP contribution >= 0.6 is 19.4 Å². The number of halogens is 2. The summed E-state index contributed by atoms with van der Waals surface area (Å²) in [5.41, 5.74) is 5.87. The maximum atomic E-state index is 4.83. The van der Waals surface area contributed by atoms with Crippen molar-refractivity contribution in [1.29, 1.82) is 0 Å². The van der Waals surface area contributed by atoms with Gasteiger partial charge in [-0.3, -0.25) is 0 Å².